The Morgan fingerprint density at radius 2 is 1.83 bits per heavy atom. The third-order valence-corrected chi connectivity index (χ3v) is 3.27. The molecule has 1 nitrogen and oxygen atoms in total. The fraction of sp³-hybridized carbons (Fsp3) is 1.00. The highest BCUT2D eigenvalue weighted by Gasteiger charge is 2.23. The summed E-state index contributed by atoms with van der Waals surface area (Å²) in [4.78, 5) is 0. The number of hydrogen-bond donors (Lipinski definition) is 1. The fourth-order valence-corrected chi connectivity index (χ4v) is 2.37. The van der Waals surface area contributed by atoms with E-state index in [0.29, 0.717) is 5.92 Å². The minimum Gasteiger partial charge on any atom is -0.393 e. The third-order valence-electron chi connectivity index (χ3n) is 3.27. The molecule has 1 saturated carbocycles. The van der Waals surface area contributed by atoms with Crippen molar-refractivity contribution in [2.24, 2.45) is 11.8 Å². The molecule has 1 rings (SSSR count). The van der Waals surface area contributed by atoms with E-state index in [-0.39, 0.29) is 6.10 Å². The highest BCUT2D eigenvalue weighted by molar-refractivity contribution is 4.75. The lowest BCUT2D eigenvalue weighted by Crippen LogP contribution is -2.23. The van der Waals surface area contributed by atoms with Crippen molar-refractivity contribution >= 4 is 0 Å². The van der Waals surface area contributed by atoms with Gasteiger partial charge in [-0.05, 0) is 31.6 Å². The Morgan fingerprint density at radius 1 is 1.25 bits per heavy atom. The molecule has 1 atom stereocenters. The number of aliphatic hydroxyl groups is 1. The minimum atomic E-state index is -0.0763. The van der Waals surface area contributed by atoms with Gasteiger partial charge in [-0.2, -0.15) is 0 Å². The van der Waals surface area contributed by atoms with Crippen LogP contribution in [0.2, 0.25) is 0 Å². The van der Waals surface area contributed by atoms with Crippen LogP contribution in [-0.4, -0.2) is 11.2 Å². The quantitative estimate of drug-likeness (QED) is 0.690. The van der Waals surface area contributed by atoms with Gasteiger partial charge in [0.25, 0.3) is 0 Å². The predicted octanol–water partition coefficient (Wildman–Crippen LogP) is 2.97. The second kappa shape index (κ2) is 4.86. The third kappa shape index (κ3) is 2.78. The maximum atomic E-state index is 9.39. The van der Waals surface area contributed by atoms with E-state index in [9.17, 15) is 5.11 Å². The molecule has 0 aromatic heterocycles. The molecule has 0 aliphatic heterocycles. The van der Waals surface area contributed by atoms with Crippen LogP contribution in [0.25, 0.3) is 0 Å². The maximum Gasteiger partial charge on any atom is 0.0540 e. The first-order chi connectivity index (χ1) is 5.74. The first-order valence-corrected chi connectivity index (χ1v) is 5.42. The molecule has 0 radical (unpaired) electrons. The molecular weight excluding hydrogens is 148 g/mol. The summed E-state index contributed by atoms with van der Waals surface area (Å²) in [5.74, 6) is 1.56. The summed E-state index contributed by atoms with van der Waals surface area (Å²) in [6.07, 6.45) is 7.85. The Morgan fingerprint density at radius 3 is 2.25 bits per heavy atom. The number of rotatable bonds is 3. The average Bonchev–Trinajstić information content (AvgIpc) is 2.06. The Balaban J connectivity index is 2.20. The number of aliphatic hydroxyl groups excluding tert-OH is 1. The molecule has 0 aromatic carbocycles. The van der Waals surface area contributed by atoms with Crippen molar-refractivity contribution in [3.05, 3.63) is 0 Å². The summed E-state index contributed by atoms with van der Waals surface area (Å²) < 4.78 is 0. The van der Waals surface area contributed by atoms with Crippen molar-refractivity contribution in [3.8, 4) is 0 Å². The largest absolute Gasteiger partial charge is 0.393 e. The van der Waals surface area contributed by atoms with E-state index >= 15 is 0 Å². The normalized spacial score (nSPS) is 33.2. The van der Waals surface area contributed by atoms with Gasteiger partial charge in [0.05, 0.1) is 6.10 Å². The van der Waals surface area contributed by atoms with Crippen LogP contribution in [-0.2, 0) is 0 Å². The molecule has 72 valence electrons. The van der Waals surface area contributed by atoms with Gasteiger partial charge in [-0.3, -0.25) is 0 Å². The molecule has 1 aliphatic rings. The molecule has 0 saturated heterocycles. The average molecular weight is 170 g/mol. The van der Waals surface area contributed by atoms with Gasteiger partial charge >= 0.3 is 0 Å². The van der Waals surface area contributed by atoms with E-state index in [4.69, 9.17) is 0 Å². The first-order valence-electron chi connectivity index (χ1n) is 5.42. The van der Waals surface area contributed by atoms with Gasteiger partial charge in [-0.1, -0.05) is 32.6 Å². The highest BCUT2D eigenvalue weighted by atomic mass is 16.3. The Kier molecular flexibility index (Phi) is 4.07. The van der Waals surface area contributed by atoms with Crippen LogP contribution in [0.5, 0.6) is 0 Å². The zero-order valence-corrected chi connectivity index (χ0v) is 8.42. The lowest BCUT2D eigenvalue weighted by molar-refractivity contribution is 0.0872. The van der Waals surface area contributed by atoms with Crippen molar-refractivity contribution in [1.29, 1.82) is 0 Å². The predicted molar refractivity (Wildman–Crippen MR) is 52.0 cm³/mol. The van der Waals surface area contributed by atoms with Crippen molar-refractivity contribution in [2.45, 2.75) is 58.5 Å². The van der Waals surface area contributed by atoms with Gasteiger partial charge in [0.15, 0.2) is 0 Å². The smallest absolute Gasteiger partial charge is 0.0540 e. The summed E-state index contributed by atoms with van der Waals surface area (Å²) in [5.41, 5.74) is 0. The number of hydrogen-bond acceptors (Lipinski definition) is 1. The fourth-order valence-electron chi connectivity index (χ4n) is 2.37. The van der Waals surface area contributed by atoms with E-state index in [0.717, 1.165) is 5.92 Å². The molecule has 0 bridgehead atoms. The molecular formula is C11H22O. The van der Waals surface area contributed by atoms with E-state index in [2.05, 4.69) is 6.92 Å². The molecule has 0 unspecified atom stereocenters. The summed E-state index contributed by atoms with van der Waals surface area (Å²) >= 11 is 0. The van der Waals surface area contributed by atoms with Gasteiger partial charge in [0.1, 0.15) is 0 Å². The molecule has 0 spiro atoms. The summed E-state index contributed by atoms with van der Waals surface area (Å²) in [5, 5.41) is 9.39. The van der Waals surface area contributed by atoms with Crippen molar-refractivity contribution in [3.63, 3.8) is 0 Å². The molecule has 1 fully saturated rings. The monoisotopic (exact) mass is 170 g/mol. The minimum absolute atomic E-state index is 0.0763. The topological polar surface area (TPSA) is 20.2 Å². The van der Waals surface area contributed by atoms with E-state index in [1.54, 1.807) is 0 Å². The van der Waals surface area contributed by atoms with Crippen molar-refractivity contribution in [2.75, 3.05) is 0 Å². The Labute approximate surface area is 76.2 Å². The molecule has 12 heavy (non-hydrogen) atoms. The second-order valence-electron chi connectivity index (χ2n) is 4.31. The molecule has 1 aliphatic carbocycles. The second-order valence-corrected chi connectivity index (χ2v) is 4.31. The summed E-state index contributed by atoms with van der Waals surface area (Å²) in [7, 11) is 0. The van der Waals surface area contributed by atoms with Crippen molar-refractivity contribution < 1.29 is 5.11 Å². The van der Waals surface area contributed by atoms with Crippen LogP contribution < -0.4 is 0 Å². The first kappa shape index (κ1) is 10.0. The molecule has 0 heterocycles. The van der Waals surface area contributed by atoms with Gasteiger partial charge in [-0.15, -0.1) is 0 Å². The van der Waals surface area contributed by atoms with E-state index in [1.165, 1.54) is 38.5 Å². The standard InChI is InChI=1S/C11H22O/c1-3-4-10-5-7-11(8-6-10)9(2)12/h9-12H,3-8H2,1-2H3/t9-,10?,11?/m1/s1. The van der Waals surface area contributed by atoms with Crippen LogP contribution in [0.1, 0.15) is 52.4 Å². The van der Waals surface area contributed by atoms with Gasteiger partial charge in [-0.25, -0.2) is 0 Å². The van der Waals surface area contributed by atoms with E-state index in [1.807, 2.05) is 6.92 Å². The SMILES string of the molecule is CCCC1CCC([C@@H](C)O)CC1. The zero-order chi connectivity index (χ0) is 8.97. The Bertz CT molecular complexity index is 112. The molecule has 0 amide bonds. The van der Waals surface area contributed by atoms with Crippen molar-refractivity contribution in [1.82, 2.24) is 0 Å². The maximum absolute atomic E-state index is 9.39. The van der Waals surface area contributed by atoms with Crippen LogP contribution in [0.4, 0.5) is 0 Å². The van der Waals surface area contributed by atoms with Crippen LogP contribution in [0, 0.1) is 11.8 Å². The molecule has 0 aromatic rings. The highest BCUT2D eigenvalue weighted by Crippen LogP contribution is 2.32. The lowest BCUT2D eigenvalue weighted by atomic mass is 9.78. The van der Waals surface area contributed by atoms with Gasteiger partial charge < -0.3 is 5.11 Å². The molecule has 1 N–H and O–H groups in total. The van der Waals surface area contributed by atoms with Crippen LogP contribution in [0.3, 0.4) is 0 Å². The summed E-state index contributed by atoms with van der Waals surface area (Å²) in [6.45, 7) is 4.20. The Hall–Kier alpha value is -0.0400. The summed E-state index contributed by atoms with van der Waals surface area (Å²) in [6, 6.07) is 0. The zero-order valence-electron chi connectivity index (χ0n) is 8.42. The van der Waals surface area contributed by atoms with Gasteiger partial charge in [0.2, 0.25) is 0 Å². The van der Waals surface area contributed by atoms with Crippen LogP contribution >= 0.6 is 0 Å². The lowest BCUT2D eigenvalue weighted by Gasteiger charge is -2.29. The van der Waals surface area contributed by atoms with Crippen LogP contribution in [0.15, 0.2) is 0 Å². The van der Waals surface area contributed by atoms with E-state index < -0.39 is 0 Å². The van der Waals surface area contributed by atoms with Gasteiger partial charge in [0, 0.05) is 0 Å². The molecule has 1 heteroatoms.